The lowest BCUT2D eigenvalue weighted by atomic mass is 10.2. The summed E-state index contributed by atoms with van der Waals surface area (Å²) >= 11 is 1.81. The van der Waals surface area contributed by atoms with Gasteiger partial charge in [-0.1, -0.05) is 19.0 Å². The maximum Gasteiger partial charge on any atom is 0.231 e. The third-order valence-corrected chi connectivity index (χ3v) is 3.53. The third kappa shape index (κ3) is 2.91. The number of rotatable bonds is 5. The summed E-state index contributed by atoms with van der Waals surface area (Å²) in [5.74, 6) is 2.39. The van der Waals surface area contributed by atoms with Gasteiger partial charge in [0, 0.05) is 22.9 Å². The Morgan fingerprint density at radius 1 is 1.33 bits per heavy atom. The Morgan fingerprint density at radius 2 is 2.06 bits per heavy atom. The molecular formula is C13H17N3OS. The molecule has 0 aliphatic rings. The highest BCUT2D eigenvalue weighted by atomic mass is 32.2. The van der Waals surface area contributed by atoms with E-state index in [0.717, 1.165) is 11.3 Å². The summed E-state index contributed by atoms with van der Waals surface area (Å²) in [5.41, 5.74) is 6.54. The molecule has 0 saturated carbocycles. The number of nitrogens with zero attached hydrogens (tertiary/aromatic N) is 2. The highest BCUT2D eigenvalue weighted by Gasteiger charge is 2.13. The van der Waals surface area contributed by atoms with Gasteiger partial charge in [0.15, 0.2) is 0 Å². The largest absolute Gasteiger partial charge is 0.339 e. The zero-order valence-corrected chi connectivity index (χ0v) is 11.4. The average molecular weight is 263 g/mol. The Hall–Kier alpha value is -1.33. The molecule has 1 aromatic heterocycles. The fourth-order valence-corrected chi connectivity index (χ4v) is 2.18. The number of benzene rings is 1. The molecule has 5 heteroatoms. The van der Waals surface area contributed by atoms with Crippen LogP contribution in [-0.2, 0) is 0 Å². The maximum atomic E-state index is 5.57. The van der Waals surface area contributed by atoms with E-state index < -0.39 is 0 Å². The minimum Gasteiger partial charge on any atom is -0.339 e. The Balaban J connectivity index is 2.18. The molecule has 0 bridgehead atoms. The number of thioether (sulfide) groups is 1. The van der Waals surface area contributed by atoms with Crippen molar-refractivity contribution < 1.29 is 4.52 Å². The first kappa shape index (κ1) is 13.1. The van der Waals surface area contributed by atoms with Crippen LogP contribution in [0.2, 0.25) is 0 Å². The van der Waals surface area contributed by atoms with Crippen LogP contribution in [0.3, 0.4) is 0 Å². The van der Waals surface area contributed by atoms with Crippen LogP contribution in [0.25, 0.3) is 11.4 Å². The minimum atomic E-state index is 0.0983. The van der Waals surface area contributed by atoms with Gasteiger partial charge in [-0.25, -0.2) is 0 Å². The fourth-order valence-electron chi connectivity index (χ4n) is 1.52. The summed E-state index contributed by atoms with van der Waals surface area (Å²) in [6.07, 6.45) is 0. The maximum absolute atomic E-state index is 5.57. The van der Waals surface area contributed by atoms with Crippen molar-refractivity contribution in [3.05, 3.63) is 30.2 Å². The fraction of sp³-hybridized carbons (Fsp3) is 0.385. The quantitative estimate of drug-likeness (QED) is 0.840. The minimum absolute atomic E-state index is 0.0983. The van der Waals surface area contributed by atoms with Crippen LogP contribution in [-0.4, -0.2) is 22.4 Å². The Bertz CT molecular complexity index is 495. The lowest BCUT2D eigenvalue weighted by Crippen LogP contribution is -2.08. The zero-order valence-electron chi connectivity index (χ0n) is 10.6. The van der Waals surface area contributed by atoms with Crippen molar-refractivity contribution in [2.45, 2.75) is 24.7 Å². The van der Waals surface area contributed by atoms with E-state index in [1.165, 1.54) is 4.90 Å². The Kier molecular flexibility index (Phi) is 4.38. The van der Waals surface area contributed by atoms with E-state index in [2.05, 4.69) is 29.2 Å². The molecule has 0 spiro atoms. The number of aromatic nitrogens is 2. The summed E-state index contributed by atoms with van der Waals surface area (Å²) in [5, 5.41) is 3.98. The van der Waals surface area contributed by atoms with Gasteiger partial charge >= 0.3 is 0 Å². The standard InChI is InChI=1S/C13H17N3OS/c1-3-18-11-6-4-10(5-7-11)12-15-13(17-16-12)9(2)8-14/h4-7,9H,3,8,14H2,1-2H3. The summed E-state index contributed by atoms with van der Waals surface area (Å²) in [7, 11) is 0. The van der Waals surface area contributed by atoms with E-state index in [-0.39, 0.29) is 5.92 Å². The Morgan fingerprint density at radius 3 is 2.67 bits per heavy atom. The second-order valence-electron chi connectivity index (χ2n) is 4.05. The van der Waals surface area contributed by atoms with E-state index in [1.54, 1.807) is 0 Å². The zero-order chi connectivity index (χ0) is 13.0. The van der Waals surface area contributed by atoms with Crippen molar-refractivity contribution in [3.63, 3.8) is 0 Å². The molecule has 0 radical (unpaired) electrons. The molecule has 2 N–H and O–H groups in total. The highest BCUT2D eigenvalue weighted by Crippen LogP contribution is 2.23. The van der Waals surface area contributed by atoms with Crippen LogP contribution in [0.4, 0.5) is 0 Å². The third-order valence-electron chi connectivity index (χ3n) is 2.64. The lowest BCUT2D eigenvalue weighted by Gasteiger charge is -2.00. The summed E-state index contributed by atoms with van der Waals surface area (Å²) in [6.45, 7) is 4.62. The molecule has 1 heterocycles. The van der Waals surface area contributed by atoms with Crippen molar-refractivity contribution in [3.8, 4) is 11.4 Å². The van der Waals surface area contributed by atoms with Gasteiger partial charge in [-0.15, -0.1) is 11.8 Å². The van der Waals surface area contributed by atoms with Gasteiger partial charge in [-0.2, -0.15) is 4.98 Å². The van der Waals surface area contributed by atoms with E-state index in [4.69, 9.17) is 10.3 Å². The summed E-state index contributed by atoms with van der Waals surface area (Å²) < 4.78 is 5.20. The predicted octanol–water partition coefficient (Wildman–Crippen LogP) is 2.91. The van der Waals surface area contributed by atoms with Crippen LogP contribution < -0.4 is 5.73 Å². The second-order valence-corrected chi connectivity index (χ2v) is 5.39. The van der Waals surface area contributed by atoms with E-state index in [1.807, 2.05) is 30.8 Å². The van der Waals surface area contributed by atoms with Gasteiger partial charge in [-0.3, -0.25) is 0 Å². The van der Waals surface area contributed by atoms with Crippen molar-refractivity contribution in [1.82, 2.24) is 10.1 Å². The van der Waals surface area contributed by atoms with Crippen molar-refractivity contribution in [2.24, 2.45) is 5.73 Å². The first-order valence-electron chi connectivity index (χ1n) is 6.01. The van der Waals surface area contributed by atoms with Gasteiger partial charge in [0.1, 0.15) is 0 Å². The van der Waals surface area contributed by atoms with Crippen molar-refractivity contribution in [2.75, 3.05) is 12.3 Å². The second kappa shape index (κ2) is 6.02. The molecule has 0 saturated heterocycles. The lowest BCUT2D eigenvalue weighted by molar-refractivity contribution is 0.361. The monoisotopic (exact) mass is 263 g/mol. The number of nitrogens with two attached hydrogens (primary N) is 1. The molecule has 0 fully saturated rings. The predicted molar refractivity (Wildman–Crippen MR) is 73.6 cm³/mol. The molecule has 18 heavy (non-hydrogen) atoms. The first-order chi connectivity index (χ1) is 8.74. The molecular weight excluding hydrogens is 246 g/mol. The average Bonchev–Trinajstić information content (AvgIpc) is 2.89. The van der Waals surface area contributed by atoms with Gasteiger partial charge in [-0.05, 0) is 30.0 Å². The number of hydrogen-bond acceptors (Lipinski definition) is 5. The summed E-state index contributed by atoms with van der Waals surface area (Å²) in [4.78, 5) is 5.61. The van der Waals surface area contributed by atoms with Crippen LogP contribution in [0.1, 0.15) is 25.7 Å². The Labute approximate surface area is 111 Å². The number of hydrogen-bond donors (Lipinski definition) is 1. The van der Waals surface area contributed by atoms with Crippen molar-refractivity contribution in [1.29, 1.82) is 0 Å². The topological polar surface area (TPSA) is 64.9 Å². The van der Waals surface area contributed by atoms with Crippen molar-refractivity contribution >= 4 is 11.8 Å². The van der Waals surface area contributed by atoms with E-state index in [0.29, 0.717) is 18.3 Å². The SMILES string of the molecule is CCSc1ccc(-c2noc(C(C)CN)n2)cc1. The highest BCUT2D eigenvalue weighted by molar-refractivity contribution is 7.99. The molecule has 2 rings (SSSR count). The van der Waals surface area contributed by atoms with Gasteiger partial charge in [0.05, 0.1) is 0 Å². The van der Waals surface area contributed by atoms with Crippen LogP contribution >= 0.6 is 11.8 Å². The summed E-state index contributed by atoms with van der Waals surface area (Å²) in [6, 6.07) is 8.18. The van der Waals surface area contributed by atoms with Gasteiger partial charge in [0.25, 0.3) is 0 Å². The van der Waals surface area contributed by atoms with Gasteiger partial charge < -0.3 is 10.3 Å². The van der Waals surface area contributed by atoms with E-state index >= 15 is 0 Å². The van der Waals surface area contributed by atoms with E-state index in [9.17, 15) is 0 Å². The molecule has 96 valence electrons. The van der Waals surface area contributed by atoms with Gasteiger partial charge in [0.2, 0.25) is 11.7 Å². The molecule has 4 nitrogen and oxygen atoms in total. The molecule has 1 atom stereocenters. The normalized spacial score (nSPS) is 12.6. The molecule has 0 aliphatic carbocycles. The molecule has 1 unspecified atom stereocenters. The smallest absolute Gasteiger partial charge is 0.231 e. The van der Waals surface area contributed by atoms with Crippen LogP contribution in [0.5, 0.6) is 0 Å². The molecule has 1 aromatic carbocycles. The molecule has 0 amide bonds. The first-order valence-corrected chi connectivity index (χ1v) is 7.00. The molecule has 2 aromatic rings. The van der Waals surface area contributed by atoms with Crippen LogP contribution in [0, 0.1) is 0 Å². The molecule has 0 aliphatic heterocycles. The van der Waals surface area contributed by atoms with Crippen LogP contribution in [0.15, 0.2) is 33.7 Å².